The zero-order valence-corrected chi connectivity index (χ0v) is 12.1. The number of aromatic nitrogens is 4. The number of amides is 1. The molecule has 0 aromatic carbocycles. The Kier molecular flexibility index (Phi) is 3.08. The van der Waals surface area contributed by atoms with Gasteiger partial charge in [-0.05, 0) is 20.8 Å². The van der Waals surface area contributed by atoms with Crippen LogP contribution in [0.4, 0.5) is 0 Å². The third-order valence-electron chi connectivity index (χ3n) is 3.87. The summed E-state index contributed by atoms with van der Waals surface area (Å²) in [4.78, 5) is 22.2. The van der Waals surface area contributed by atoms with Crippen LogP contribution in [0.1, 0.15) is 40.2 Å². The summed E-state index contributed by atoms with van der Waals surface area (Å²) in [5.41, 5.74) is 3.78. The molecule has 1 aliphatic rings. The summed E-state index contributed by atoms with van der Waals surface area (Å²) in [6.45, 7) is 8.01. The molecule has 1 amide bonds. The van der Waals surface area contributed by atoms with E-state index in [0.29, 0.717) is 18.7 Å². The minimum atomic E-state index is 0.0557. The summed E-state index contributed by atoms with van der Waals surface area (Å²) in [5, 5.41) is 4.25. The molecule has 106 valence electrons. The summed E-state index contributed by atoms with van der Waals surface area (Å²) >= 11 is 0. The van der Waals surface area contributed by atoms with Crippen LogP contribution in [0, 0.1) is 13.8 Å². The monoisotopic (exact) mass is 273 g/mol. The molecule has 1 N–H and O–H groups in total. The quantitative estimate of drug-likeness (QED) is 0.900. The summed E-state index contributed by atoms with van der Waals surface area (Å²) in [6, 6.07) is 0. The molecule has 20 heavy (non-hydrogen) atoms. The number of imidazole rings is 1. The van der Waals surface area contributed by atoms with E-state index >= 15 is 0 Å². The average Bonchev–Trinajstić information content (AvgIpc) is 2.98. The summed E-state index contributed by atoms with van der Waals surface area (Å²) in [5.74, 6) is 0.972. The molecule has 2 aromatic heterocycles. The van der Waals surface area contributed by atoms with Crippen LogP contribution in [0.2, 0.25) is 0 Å². The maximum Gasteiger partial charge on any atom is 0.257 e. The van der Waals surface area contributed by atoms with Crippen LogP contribution in [0.15, 0.2) is 6.20 Å². The van der Waals surface area contributed by atoms with Gasteiger partial charge in [0.1, 0.15) is 5.82 Å². The molecular formula is C14H19N5O. The first-order valence-corrected chi connectivity index (χ1v) is 6.96. The van der Waals surface area contributed by atoms with Crippen molar-refractivity contribution >= 4 is 5.91 Å². The predicted molar refractivity (Wildman–Crippen MR) is 74.4 cm³/mol. The summed E-state index contributed by atoms with van der Waals surface area (Å²) in [6.07, 6.45) is 2.49. The van der Waals surface area contributed by atoms with Crippen molar-refractivity contribution in [2.24, 2.45) is 0 Å². The minimum Gasteiger partial charge on any atom is -0.344 e. The van der Waals surface area contributed by atoms with E-state index in [0.717, 1.165) is 35.9 Å². The summed E-state index contributed by atoms with van der Waals surface area (Å²) < 4.78 is 1.85. The first-order chi connectivity index (χ1) is 9.60. The zero-order chi connectivity index (χ0) is 14.3. The molecule has 0 bridgehead atoms. The van der Waals surface area contributed by atoms with Crippen LogP contribution in [-0.2, 0) is 19.5 Å². The second kappa shape index (κ2) is 4.77. The number of nitrogens with one attached hydrogen (secondary N) is 1. The van der Waals surface area contributed by atoms with Gasteiger partial charge in [0.2, 0.25) is 0 Å². The van der Waals surface area contributed by atoms with Crippen molar-refractivity contribution < 1.29 is 4.79 Å². The number of nitrogens with zero attached hydrogens (tertiary/aromatic N) is 4. The highest BCUT2D eigenvalue weighted by molar-refractivity contribution is 5.95. The number of H-pyrrole nitrogens is 1. The van der Waals surface area contributed by atoms with Gasteiger partial charge >= 0.3 is 0 Å². The van der Waals surface area contributed by atoms with Gasteiger partial charge in [0.15, 0.2) is 0 Å². The molecule has 0 fully saturated rings. The predicted octanol–water partition coefficient (Wildman–Crippen LogP) is 1.44. The van der Waals surface area contributed by atoms with Crippen LogP contribution in [0.5, 0.6) is 0 Å². The van der Waals surface area contributed by atoms with Crippen LogP contribution >= 0.6 is 0 Å². The Morgan fingerprint density at radius 2 is 2.25 bits per heavy atom. The number of aromatic amines is 1. The lowest BCUT2D eigenvalue weighted by atomic mass is 10.1. The van der Waals surface area contributed by atoms with Crippen molar-refractivity contribution in [3.05, 3.63) is 34.7 Å². The Balaban J connectivity index is 1.83. The van der Waals surface area contributed by atoms with Crippen LogP contribution < -0.4 is 0 Å². The second-order valence-corrected chi connectivity index (χ2v) is 5.18. The number of hydrogen-bond donors (Lipinski definition) is 1. The molecule has 1 aliphatic heterocycles. The van der Waals surface area contributed by atoms with Gasteiger partial charge < -0.3 is 9.88 Å². The van der Waals surface area contributed by atoms with Gasteiger partial charge in [-0.1, -0.05) is 0 Å². The average molecular weight is 273 g/mol. The van der Waals surface area contributed by atoms with E-state index in [1.807, 2.05) is 30.4 Å². The number of rotatable bonds is 2. The molecule has 3 heterocycles. The highest BCUT2D eigenvalue weighted by Gasteiger charge is 2.26. The van der Waals surface area contributed by atoms with Crippen LogP contribution in [0.3, 0.4) is 0 Å². The molecule has 0 radical (unpaired) electrons. The fourth-order valence-corrected chi connectivity index (χ4v) is 2.76. The SMILES string of the molecule is CCn1ncc(C(=O)N2CCc3nc(C)[nH]c3C2)c1C. The number of carbonyl (C=O) groups excluding carboxylic acids is 1. The number of carbonyl (C=O) groups is 1. The van der Waals surface area contributed by atoms with Gasteiger partial charge in [0, 0.05) is 25.2 Å². The van der Waals surface area contributed by atoms with Crippen molar-refractivity contribution in [1.82, 2.24) is 24.6 Å². The third kappa shape index (κ3) is 2.01. The summed E-state index contributed by atoms with van der Waals surface area (Å²) in [7, 11) is 0. The van der Waals surface area contributed by atoms with E-state index < -0.39 is 0 Å². The molecule has 0 saturated carbocycles. The molecule has 6 nitrogen and oxygen atoms in total. The fourth-order valence-electron chi connectivity index (χ4n) is 2.76. The van der Waals surface area contributed by atoms with Gasteiger partial charge in [-0.15, -0.1) is 0 Å². The van der Waals surface area contributed by atoms with Crippen LogP contribution in [0.25, 0.3) is 0 Å². The lowest BCUT2D eigenvalue weighted by Gasteiger charge is -2.26. The van der Waals surface area contributed by atoms with Gasteiger partial charge in [0.05, 0.1) is 29.7 Å². The molecule has 6 heteroatoms. The first kappa shape index (κ1) is 12.9. The van der Waals surface area contributed by atoms with Gasteiger partial charge in [-0.25, -0.2) is 4.98 Å². The first-order valence-electron chi connectivity index (χ1n) is 6.96. The van der Waals surface area contributed by atoms with Crippen LogP contribution in [-0.4, -0.2) is 37.1 Å². The smallest absolute Gasteiger partial charge is 0.257 e. The lowest BCUT2D eigenvalue weighted by molar-refractivity contribution is 0.0731. The number of aryl methyl sites for hydroxylation is 2. The normalized spacial score (nSPS) is 14.4. The van der Waals surface area contributed by atoms with Gasteiger partial charge in [-0.3, -0.25) is 9.48 Å². The maximum absolute atomic E-state index is 12.6. The topological polar surface area (TPSA) is 66.8 Å². The number of hydrogen-bond acceptors (Lipinski definition) is 3. The highest BCUT2D eigenvalue weighted by Crippen LogP contribution is 2.19. The molecule has 0 spiro atoms. The molecule has 0 unspecified atom stereocenters. The second-order valence-electron chi connectivity index (χ2n) is 5.18. The minimum absolute atomic E-state index is 0.0557. The largest absolute Gasteiger partial charge is 0.344 e. The van der Waals surface area contributed by atoms with Crippen molar-refractivity contribution in [2.75, 3.05) is 6.54 Å². The van der Waals surface area contributed by atoms with Crippen molar-refractivity contribution in [3.63, 3.8) is 0 Å². The molecule has 2 aromatic rings. The Morgan fingerprint density at radius 3 is 2.95 bits per heavy atom. The van der Waals surface area contributed by atoms with Crippen molar-refractivity contribution in [1.29, 1.82) is 0 Å². The molecule has 3 rings (SSSR count). The number of fused-ring (bicyclic) bond motifs is 1. The molecule has 0 atom stereocenters. The zero-order valence-electron chi connectivity index (χ0n) is 12.1. The molecule has 0 aliphatic carbocycles. The van der Waals surface area contributed by atoms with E-state index in [-0.39, 0.29) is 5.91 Å². The molecule has 0 saturated heterocycles. The van der Waals surface area contributed by atoms with E-state index in [9.17, 15) is 4.79 Å². The Morgan fingerprint density at radius 1 is 1.45 bits per heavy atom. The maximum atomic E-state index is 12.6. The van der Waals surface area contributed by atoms with Gasteiger partial charge in [0.25, 0.3) is 5.91 Å². The third-order valence-corrected chi connectivity index (χ3v) is 3.87. The van der Waals surface area contributed by atoms with E-state index in [1.54, 1.807) is 6.20 Å². The van der Waals surface area contributed by atoms with E-state index in [4.69, 9.17) is 0 Å². The van der Waals surface area contributed by atoms with Gasteiger partial charge in [-0.2, -0.15) is 5.10 Å². The Bertz CT molecular complexity index is 655. The van der Waals surface area contributed by atoms with E-state index in [2.05, 4.69) is 15.1 Å². The van der Waals surface area contributed by atoms with E-state index in [1.165, 1.54) is 0 Å². The fraction of sp³-hybridized carbons (Fsp3) is 0.500. The van der Waals surface area contributed by atoms with Crippen molar-refractivity contribution in [2.45, 2.75) is 40.3 Å². The highest BCUT2D eigenvalue weighted by atomic mass is 16.2. The Hall–Kier alpha value is -2.11. The Labute approximate surface area is 117 Å². The molecular weight excluding hydrogens is 254 g/mol. The van der Waals surface area contributed by atoms with Crippen molar-refractivity contribution in [3.8, 4) is 0 Å². The lowest BCUT2D eigenvalue weighted by Crippen LogP contribution is -2.36. The standard InChI is InChI=1S/C14H19N5O/c1-4-19-9(2)11(7-15-19)14(20)18-6-5-12-13(8-18)17-10(3)16-12/h7H,4-6,8H2,1-3H3,(H,16,17).